The van der Waals surface area contributed by atoms with Gasteiger partial charge in [0.2, 0.25) is 0 Å². The van der Waals surface area contributed by atoms with Gasteiger partial charge in [0, 0.05) is 72.9 Å². The van der Waals surface area contributed by atoms with Crippen molar-refractivity contribution in [3.05, 3.63) is 128 Å². The van der Waals surface area contributed by atoms with Gasteiger partial charge >= 0.3 is 0 Å². The summed E-state index contributed by atoms with van der Waals surface area (Å²) in [6.07, 6.45) is 1.51. The summed E-state index contributed by atoms with van der Waals surface area (Å²) >= 11 is 10.6. The van der Waals surface area contributed by atoms with E-state index in [0.717, 1.165) is 37.1 Å². The first kappa shape index (κ1) is 46.5. The third-order valence-corrected chi connectivity index (χ3v) is 9.81. The van der Waals surface area contributed by atoms with Crippen molar-refractivity contribution in [2.75, 3.05) is 70.2 Å². The normalized spacial score (nSPS) is 14.6. The zero-order chi connectivity index (χ0) is 44.3. The number of amides is 2. The van der Waals surface area contributed by atoms with E-state index >= 15 is 0 Å². The summed E-state index contributed by atoms with van der Waals surface area (Å²) in [6.45, 7) is 4.17. The van der Waals surface area contributed by atoms with Crippen LogP contribution in [0.15, 0.2) is 97.1 Å². The van der Waals surface area contributed by atoms with Gasteiger partial charge < -0.3 is 25.0 Å². The molecule has 19 nitrogen and oxygen atoms in total. The standard InChI is InChI=1S/C41H49N11O8S2/c1-48-20-6-22-49(28-38(53)44-46-40(61)42-32-12-16-34(17-13-32)51(55)56)26-30-8-2-4-10-36(30)59-24-25-60-37-11-5-3-9-31(37)27-50(23-7-21-48)29-39(54)45-47-41(62)43-33-14-18-35(19-15-33)52(57)58/h2-5,8-19H,6-7,20-29H2,1H3,(H,44,53)(H,45,54)(H2,42,46,61)(H2,43,47,62). The number of carbonyl (C=O) groups is 2. The summed E-state index contributed by atoms with van der Waals surface area (Å²) in [5.41, 5.74) is 13.4. The van der Waals surface area contributed by atoms with E-state index in [2.05, 4.69) is 37.2 Å². The van der Waals surface area contributed by atoms with Crippen molar-refractivity contribution in [1.29, 1.82) is 0 Å². The molecule has 6 N–H and O–H groups in total. The molecule has 0 radical (unpaired) electrons. The number of carbonyl (C=O) groups excluding carboxylic acids is 2. The number of ether oxygens (including phenoxy) is 2. The summed E-state index contributed by atoms with van der Waals surface area (Å²) < 4.78 is 12.4. The van der Waals surface area contributed by atoms with Gasteiger partial charge in [-0.2, -0.15) is 0 Å². The van der Waals surface area contributed by atoms with Crippen LogP contribution in [0.5, 0.6) is 11.5 Å². The molecule has 0 saturated carbocycles. The van der Waals surface area contributed by atoms with Gasteiger partial charge in [0.15, 0.2) is 10.2 Å². The number of hydrogen-bond acceptors (Lipinski definition) is 13. The maximum Gasteiger partial charge on any atom is 0.269 e. The molecule has 1 aliphatic rings. The van der Waals surface area contributed by atoms with E-state index < -0.39 is 9.85 Å². The fourth-order valence-corrected chi connectivity index (χ4v) is 6.74. The largest absolute Gasteiger partial charge is 0.490 e. The Morgan fingerprint density at radius 3 is 1.37 bits per heavy atom. The van der Waals surface area contributed by atoms with Gasteiger partial charge in [-0.3, -0.25) is 61.3 Å². The molecule has 5 rings (SSSR count). The molecule has 2 amide bonds. The summed E-state index contributed by atoms with van der Waals surface area (Å²) in [5.74, 6) is 0.697. The quantitative estimate of drug-likeness (QED) is 0.0824. The number of anilines is 2. The molecule has 21 heteroatoms. The van der Waals surface area contributed by atoms with Crippen LogP contribution in [0.1, 0.15) is 24.0 Å². The Morgan fingerprint density at radius 2 is 0.984 bits per heavy atom. The summed E-state index contributed by atoms with van der Waals surface area (Å²) in [7, 11) is 2.04. The van der Waals surface area contributed by atoms with Crippen molar-refractivity contribution in [3.63, 3.8) is 0 Å². The summed E-state index contributed by atoms with van der Waals surface area (Å²) in [6, 6.07) is 26.8. The van der Waals surface area contributed by atoms with Gasteiger partial charge in [-0.25, -0.2) is 0 Å². The molecule has 1 heterocycles. The van der Waals surface area contributed by atoms with Crippen molar-refractivity contribution in [1.82, 2.24) is 36.4 Å². The highest BCUT2D eigenvalue weighted by Crippen LogP contribution is 2.23. The maximum atomic E-state index is 13.2. The van der Waals surface area contributed by atoms with Crippen LogP contribution < -0.4 is 41.8 Å². The number of non-ortho nitro benzene ring substituents is 2. The van der Waals surface area contributed by atoms with Gasteiger partial charge in [0.25, 0.3) is 23.2 Å². The molecule has 1 aliphatic heterocycles. The molecule has 0 aliphatic carbocycles. The molecule has 0 saturated heterocycles. The van der Waals surface area contributed by atoms with Crippen molar-refractivity contribution in [2.45, 2.75) is 25.9 Å². The second kappa shape index (κ2) is 24.1. The van der Waals surface area contributed by atoms with E-state index in [9.17, 15) is 29.8 Å². The lowest BCUT2D eigenvalue weighted by Crippen LogP contribution is -2.48. The lowest BCUT2D eigenvalue weighted by atomic mass is 10.1. The molecule has 0 spiro atoms. The molecular formula is C41H49N11O8S2. The predicted octanol–water partition coefficient (Wildman–Crippen LogP) is 4.33. The Kier molecular flexibility index (Phi) is 18.1. The number of rotatable bonds is 8. The first-order chi connectivity index (χ1) is 29.9. The Labute approximate surface area is 369 Å². The van der Waals surface area contributed by atoms with E-state index in [-0.39, 0.29) is 59.7 Å². The van der Waals surface area contributed by atoms with E-state index in [0.29, 0.717) is 49.1 Å². The second-order valence-corrected chi connectivity index (χ2v) is 15.0. The number of benzene rings is 4. The van der Waals surface area contributed by atoms with Crippen molar-refractivity contribution >= 4 is 69.2 Å². The summed E-state index contributed by atoms with van der Waals surface area (Å²) in [4.78, 5) is 53.7. The van der Waals surface area contributed by atoms with Crippen LogP contribution in [-0.4, -0.2) is 106 Å². The van der Waals surface area contributed by atoms with E-state index in [1.807, 2.05) is 65.4 Å². The Balaban J connectivity index is 1.19. The van der Waals surface area contributed by atoms with Gasteiger partial charge in [-0.05, 0) is 93.8 Å². The number of nitro benzene ring substituents is 2. The van der Waals surface area contributed by atoms with Gasteiger partial charge in [-0.15, -0.1) is 0 Å². The number of nitro groups is 2. The smallest absolute Gasteiger partial charge is 0.269 e. The molecule has 62 heavy (non-hydrogen) atoms. The van der Waals surface area contributed by atoms with Crippen molar-refractivity contribution in [2.24, 2.45) is 0 Å². The van der Waals surface area contributed by atoms with Crippen LogP contribution in [0.25, 0.3) is 0 Å². The number of hydrazine groups is 2. The highest BCUT2D eigenvalue weighted by atomic mass is 32.1. The molecular weight excluding hydrogens is 839 g/mol. The molecule has 328 valence electrons. The second-order valence-electron chi connectivity index (χ2n) is 14.2. The average molecular weight is 888 g/mol. The third-order valence-electron chi connectivity index (χ3n) is 9.40. The van der Waals surface area contributed by atoms with Crippen LogP contribution in [-0.2, 0) is 22.7 Å². The van der Waals surface area contributed by atoms with Gasteiger partial charge in [-0.1, -0.05) is 36.4 Å². The Bertz CT molecular complexity index is 2010. The molecule has 4 aromatic rings. The number of nitrogens with zero attached hydrogens (tertiary/aromatic N) is 5. The highest BCUT2D eigenvalue weighted by Gasteiger charge is 2.18. The predicted molar refractivity (Wildman–Crippen MR) is 242 cm³/mol. The fourth-order valence-electron chi connectivity index (χ4n) is 6.40. The van der Waals surface area contributed by atoms with E-state index in [1.54, 1.807) is 0 Å². The van der Waals surface area contributed by atoms with Crippen molar-refractivity contribution in [3.8, 4) is 11.5 Å². The number of nitrogens with one attached hydrogen (secondary N) is 6. The topological polar surface area (TPSA) is 221 Å². The lowest BCUT2D eigenvalue weighted by Gasteiger charge is -2.26. The molecule has 0 unspecified atom stereocenters. The van der Waals surface area contributed by atoms with Crippen molar-refractivity contribution < 1.29 is 28.9 Å². The van der Waals surface area contributed by atoms with Crippen LogP contribution in [0.2, 0.25) is 0 Å². The average Bonchev–Trinajstić information content (AvgIpc) is 3.25. The van der Waals surface area contributed by atoms with E-state index in [1.165, 1.54) is 48.5 Å². The van der Waals surface area contributed by atoms with E-state index in [4.69, 9.17) is 33.9 Å². The number of hydrogen-bond donors (Lipinski definition) is 6. The van der Waals surface area contributed by atoms with Crippen LogP contribution in [0.3, 0.4) is 0 Å². The zero-order valence-electron chi connectivity index (χ0n) is 34.0. The number of fused-ring (bicyclic) bond motifs is 2. The van der Waals surface area contributed by atoms with Crippen LogP contribution in [0.4, 0.5) is 22.7 Å². The van der Waals surface area contributed by atoms with Gasteiger partial charge in [0.1, 0.15) is 24.7 Å². The zero-order valence-corrected chi connectivity index (χ0v) is 35.7. The first-order valence-corrected chi connectivity index (χ1v) is 20.5. The Hall–Kier alpha value is -6.52. The lowest BCUT2D eigenvalue weighted by molar-refractivity contribution is -0.385. The fraction of sp³-hybridized carbons (Fsp3) is 0.317. The maximum absolute atomic E-state index is 13.2. The third kappa shape index (κ3) is 15.8. The minimum absolute atomic E-state index is 0.0504. The Morgan fingerprint density at radius 1 is 0.597 bits per heavy atom. The molecule has 4 aromatic carbocycles. The molecule has 0 fully saturated rings. The number of para-hydroxylation sites is 2. The first-order valence-electron chi connectivity index (χ1n) is 19.7. The summed E-state index contributed by atoms with van der Waals surface area (Å²) in [5, 5.41) is 28.0. The molecule has 0 atom stereocenters. The minimum atomic E-state index is -0.491. The molecule has 0 bridgehead atoms. The van der Waals surface area contributed by atoms with Crippen LogP contribution >= 0.6 is 24.4 Å². The van der Waals surface area contributed by atoms with Crippen LogP contribution in [0, 0.1) is 20.2 Å². The SMILES string of the molecule is CN1CCCN(CC(=O)NNC(=S)Nc2ccc([N+](=O)[O-])cc2)Cc2ccccc2OCCOc2ccccc2CN(CC(=O)NNC(=S)Nc2ccc([N+](=O)[O-])cc2)CCC1. The number of thiocarbonyl (C=S) groups is 2. The minimum Gasteiger partial charge on any atom is -0.490 e. The van der Waals surface area contributed by atoms with Gasteiger partial charge in [0.05, 0.1) is 22.9 Å². The monoisotopic (exact) mass is 887 g/mol. The molecule has 0 aromatic heterocycles. The highest BCUT2D eigenvalue weighted by molar-refractivity contribution is 7.80.